The molecular weight excluding hydrogens is 206 g/mol. The van der Waals surface area contributed by atoms with Gasteiger partial charge in [0.25, 0.3) is 0 Å². The van der Waals surface area contributed by atoms with E-state index in [-0.39, 0.29) is 12.1 Å². The molecule has 86 valence electrons. The number of hydrogen-bond donors (Lipinski definition) is 3. The molecule has 2 rings (SSSR count). The fraction of sp³-hybridized carbons (Fsp3) is 0.364. The molecule has 1 heterocycles. The minimum Gasteiger partial charge on any atom is -0.408 e. The van der Waals surface area contributed by atoms with Gasteiger partial charge in [0.05, 0.1) is 5.52 Å². The Kier molecular flexibility index (Phi) is 2.80. The summed E-state index contributed by atoms with van der Waals surface area (Å²) in [6.07, 6.45) is 0. The fourth-order valence-corrected chi connectivity index (χ4v) is 1.89. The molecule has 0 saturated heterocycles. The Morgan fingerprint density at radius 1 is 1.50 bits per heavy atom. The van der Waals surface area contributed by atoms with Crippen LogP contribution in [-0.4, -0.2) is 18.1 Å². The minimum absolute atomic E-state index is 0.0203. The van der Waals surface area contributed by atoms with Gasteiger partial charge < -0.3 is 15.5 Å². The van der Waals surface area contributed by atoms with E-state index in [4.69, 9.17) is 10.2 Å². The number of nitrogens with two attached hydrogens (primary N) is 1. The number of fused-ring (bicyclic) bond motifs is 1. The highest BCUT2D eigenvalue weighted by molar-refractivity contribution is 5.72. The predicted molar refractivity (Wildman–Crippen MR) is 62.3 cm³/mol. The molecule has 0 bridgehead atoms. The third-order valence-electron chi connectivity index (χ3n) is 2.64. The SMILES string of the molecule is CNC(c1ccc2[nH]c(=O)oc2c1)C(C)N. The zero-order valence-corrected chi connectivity index (χ0v) is 9.28. The maximum atomic E-state index is 11.0. The topological polar surface area (TPSA) is 84.0 Å². The molecule has 5 nitrogen and oxygen atoms in total. The van der Waals surface area contributed by atoms with E-state index in [0.29, 0.717) is 11.1 Å². The van der Waals surface area contributed by atoms with Gasteiger partial charge >= 0.3 is 5.76 Å². The van der Waals surface area contributed by atoms with Crippen molar-refractivity contribution in [1.82, 2.24) is 10.3 Å². The van der Waals surface area contributed by atoms with Gasteiger partial charge in [-0.2, -0.15) is 0 Å². The number of hydrogen-bond acceptors (Lipinski definition) is 4. The van der Waals surface area contributed by atoms with E-state index in [1.165, 1.54) is 0 Å². The molecular formula is C11H15N3O2. The van der Waals surface area contributed by atoms with Crippen molar-refractivity contribution in [2.24, 2.45) is 5.73 Å². The maximum absolute atomic E-state index is 11.0. The Morgan fingerprint density at radius 2 is 2.25 bits per heavy atom. The number of nitrogens with one attached hydrogen (secondary N) is 2. The lowest BCUT2D eigenvalue weighted by Crippen LogP contribution is -2.33. The van der Waals surface area contributed by atoms with Gasteiger partial charge in [-0.25, -0.2) is 4.79 Å². The van der Waals surface area contributed by atoms with Crippen molar-refractivity contribution < 1.29 is 4.42 Å². The van der Waals surface area contributed by atoms with Crippen molar-refractivity contribution >= 4 is 11.1 Å². The van der Waals surface area contributed by atoms with Crippen LogP contribution >= 0.6 is 0 Å². The van der Waals surface area contributed by atoms with Crippen molar-refractivity contribution in [3.05, 3.63) is 34.3 Å². The van der Waals surface area contributed by atoms with E-state index in [1.54, 1.807) is 0 Å². The van der Waals surface area contributed by atoms with Crippen molar-refractivity contribution in [2.45, 2.75) is 19.0 Å². The van der Waals surface area contributed by atoms with Crippen LogP contribution in [0.2, 0.25) is 0 Å². The highest BCUT2D eigenvalue weighted by atomic mass is 16.4. The highest BCUT2D eigenvalue weighted by Gasteiger charge is 2.15. The number of aromatic amines is 1. The van der Waals surface area contributed by atoms with Crippen molar-refractivity contribution in [1.29, 1.82) is 0 Å². The summed E-state index contributed by atoms with van der Waals surface area (Å²) in [6, 6.07) is 5.61. The van der Waals surface area contributed by atoms with E-state index in [1.807, 2.05) is 32.2 Å². The van der Waals surface area contributed by atoms with E-state index in [2.05, 4.69) is 10.3 Å². The van der Waals surface area contributed by atoms with Gasteiger partial charge in [-0.3, -0.25) is 4.98 Å². The number of likely N-dealkylation sites (N-methyl/N-ethyl adjacent to an activating group) is 1. The largest absolute Gasteiger partial charge is 0.417 e. The van der Waals surface area contributed by atoms with Gasteiger partial charge in [-0.15, -0.1) is 0 Å². The van der Waals surface area contributed by atoms with Crippen LogP contribution in [0, 0.1) is 0 Å². The molecule has 0 saturated carbocycles. The van der Waals surface area contributed by atoms with Crippen LogP contribution in [0.4, 0.5) is 0 Å². The molecule has 0 aliphatic rings. The molecule has 2 unspecified atom stereocenters. The van der Waals surface area contributed by atoms with Crippen LogP contribution in [0.25, 0.3) is 11.1 Å². The first-order chi connectivity index (χ1) is 7.61. The first kappa shape index (κ1) is 10.9. The number of aromatic nitrogens is 1. The number of oxazole rings is 1. The molecule has 2 aromatic rings. The van der Waals surface area contributed by atoms with Gasteiger partial charge in [-0.05, 0) is 31.7 Å². The normalized spacial score (nSPS) is 15.2. The van der Waals surface area contributed by atoms with Crippen molar-refractivity contribution in [3.8, 4) is 0 Å². The molecule has 1 aromatic carbocycles. The lowest BCUT2D eigenvalue weighted by molar-refractivity contribution is 0.502. The number of rotatable bonds is 3. The van der Waals surface area contributed by atoms with Crippen LogP contribution in [0.5, 0.6) is 0 Å². The Hall–Kier alpha value is -1.59. The summed E-state index contributed by atoms with van der Waals surface area (Å²) in [5.74, 6) is -0.436. The second kappa shape index (κ2) is 4.11. The first-order valence-corrected chi connectivity index (χ1v) is 5.17. The standard InChI is InChI=1S/C11H15N3O2/c1-6(12)10(13-2)7-3-4-8-9(5-7)16-11(15)14-8/h3-6,10,13H,12H2,1-2H3,(H,14,15). The second-order valence-corrected chi connectivity index (χ2v) is 3.90. The van der Waals surface area contributed by atoms with E-state index >= 15 is 0 Å². The van der Waals surface area contributed by atoms with Gasteiger partial charge in [0.15, 0.2) is 5.58 Å². The second-order valence-electron chi connectivity index (χ2n) is 3.90. The summed E-state index contributed by atoms with van der Waals surface area (Å²) in [5.41, 5.74) is 8.13. The van der Waals surface area contributed by atoms with Crippen molar-refractivity contribution in [2.75, 3.05) is 7.05 Å². The fourth-order valence-electron chi connectivity index (χ4n) is 1.89. The van der Waals surface area contributed by atoms with Crippen LogP contribution in [0.15, 0.2) is 27.4 Å². The van der Waals surface area contributed by atoms with Crippen LogP contribution < -0.4 is 16.8 Å². The smallest absolute Gasteiger partial charge is 0.408 e. The predicted octanol–water partition coefficient (Wildman–Crippen LogP) is 0.729. The summed E-state index contributed by atoms with van der Waals surface area (Å²) in [7, 11) is 1.85. The molecule has 0 spiro atoms. The molecule has 0 aliphatic heterocycles. The number of benzene rings is 1. The Morgan fingerprint density at radius 3 is 2.88 bits per heavy atom. The molecule has 4 N–H and O–H groups in total. The third kappa shape index (κ3) is 1.87. The zero-order chi connectivity index (χ0) is 11.7. The average Bonchev–Trinajstić information content (AvgIpc) is 2.57. The van der Waals surface area contributed by atoms with Gasteiger partial charge in [0.2, 0.25) is 0 Å². The summed E-state index contributed by atoms with van der Waals surface area (Å²) >= 11 is 0. The monoisotopic (exact) mass is 221 g/mol. The lowest BCUT2D eigenvalue weighted by Gasteiger charge is -2.20. The molecule has 0 aliphatic carbocycles. The number of H-pyrrole nitrogens is 1. The molecule has 0 amide bonds. The summed E-state index contributed by atoms with van der Waals surface area (Å²) in [5, 5.41) is 3.13. The Balaban J connectivity index is 2.48. The highest BCUT2D eigenvalue weighted by Crippen LogP contribution is 2.19. The lowest BCUT2D eigenvalue weighted by atomic mass is 10.0. The van der Waals surface area contributed by atoms with Crippen LogP contribution in [0.1, 0.15) is 18.5 Å². The molecule has 16 heavy (non-hydrogen) atoms. The molecule has 1 aromatic heterocycles. The third-order valence-corrected chi connectivity index (χ3v) is 2.64. The summed E-state index contributed by atoms with van der Waals surface area (Å²) in [4.78, 5) is 13.6. The van der Waals surface area contributed by atoms with Gasteiger partial charge in [-0.1, -0.05) is 6.07 Å². The average molecular weight is 221 g/mol. The van der Waals surface area contributed by atoms with E-state index in [9.17, 15) is 4.79 Å². The maximum Gasteiger partial charge on any atom is 0.417 e. The minimum atomic E-state index is -0.436. The van der Waals surface area contributed by atoms with Gasteiger partial charge in [0.1, 0.15) is 0 Å². The molecule has 0 radical (unpaired) electrons. The first-order valence-electron chi connectivity index (χ1n) is 5.17. The van der Waals surface area contributed by atoms with Crippen molar-refractivity contribution in [3.63, 3.8) is 0 Å². The quantitative estimate of drug-likeness (QED) is 0.713. The van der Waals surface area contributed by atoms with Gasteiger partial charge in [0, 0.05) is 12.1 Å². The van der Waals surface area contributed by atoms with Crippen LogP contribution in [-0.2, 0) is 0 Å². The molecule has 0 fully saturated rings. The summed E-state index contributed by atoms with van der Waals surface area (Å²) in [6.45, 7) is 1.93. The van der Waals surface area contributed by atoms with E-state index in [0.717, 1.165) is 5.56 Å². The summed E-state index contributed by atoms with van der Waals surface area (Å²) < 4.78 is 5.00. The zero-order valence-electron chi connectivity index (χ0n) is 9.28. The molecule has 2 atom stereocenters. The Labute approximate surface area is 92.6 Å². The molecule has 5 heteroatoms. The van der Waals surface area contributed by atoms with E-state index < -0.39 is 5.76 Å². The van der Waals surface area contributed by atoms with Crippen LogP contribution in [0.3, 0.4) is 0 Å². The Bertz CT molecular complexity index is 541.